The summed E-state index contributed by atoms with van der Waals surface area (Å²) in [6.45, 7) is 1.94. The van der Waals surface area contributed by atoms with Crippen LogP contribution in [0.3, 0.4) is 0 Å². The molecule has 7 nitrogen and oxygen atoms in total. The lowest BCUT2D eigenvalue weighted by Crippen LogP contribution is -2.55. The second-order valence-corrected chi connectivity index (χ2v) is 10.7. The minimum atomic E-state index is -4.49. The lowest BCUT2D eigenvalue weighted by Gasteiger charge is -2.41. The number of pyridine rings is 1. The van der Waals surface area contributed by atoms with E-state index in [0.29, 0.717) is 28.6 Å². The van der Waals surface area contributed by atoms with Crippen molar-refractivity contribution in [2.75, 3.05) is 11.4 Å². The van der Waals surface area contributed by atoms with E-state index in [9.17, 15) is 22.8 Å². The van der Waals surface area contributed by atoms with Gasteiger partial charge in [0.15, 0.2) is 5.60 Å². The average molecular weight is 559 g/mol. The maximum atomic E-state index is 13.1. The fourth-order valence-electron chi connectivity index (χ4n) is 4.90. The highest BCUT2D eigenvalue weighted by atomic mass is 35.5. The fraction of sp³-hybridized carbons (Fsp3) is 0.480. The van der Waals surface area contributed by atoms with Gasteiger partial charge in [-0.3, -0.25) is 9.59 Å². The molecule has 2 saturated heterocycles. The number of anilines is 1. The van der Waals surface area contributed by atoms with Gasteiger partial charge in [0.05, 0.1) is 16.9 Å². The van der Waals surface area contributed by atoms with Crippen LogP contribution in [-0.2, 0) is 4.79 Å². The van der Waals surface area contributed by atoms with Gasteiger partial charge < -0.3 is 20.3 Å². The molecule has 0 aliphatic carbocycles. The van der Waals surface area contributed by atoms with Gasteiger partial charge in [0.1, 0.15) is 18.0 Å². The van der Waals surface area contributed by atoms with E-state index in [1.54, 1.807) is 38.1 Å². The van der Waals surface area contributed by atoms with E-state index in [1.807, 2.05) is 5.32 Å². The van der Waals surface area contributed by atoms with Gasteiger partial charge >= 0.3 is 6.18 Å². The summed E-state index contributed by atoms with van der Waals surface area (Å²) >= 11 is 12.1. The highest BCUT2D eigenvalue weighted by molar-refractivity contribution is 6.35. The van der Waals surface area contributed by atoms with E-state index in [0.717, 1.165) is 18.5 Å². The molecule has 37 heavy (non-hydrogen) atoms. The van der Waals surface area contributed by atoms with Crippen LogP contribution in [-0.4, -0.2) is 53.2 Å². The second-order valence-electron chi connectivity index (χ2n) is 9.82. The molecule has 4 rings (SSSR count). The molecule has 2 atom stereocenters. The minimum absolute atomic E-state index is 0.0507. The number of rotatable bonds is 7. The molecule has 0 saturated carbocycles. The van der Waals surface area contributed by atoms with Crippen molar-refractivity contribution in [1.29, 1.82) is 0 Å². The third-order valence-corrected chi connectivity index (χ3v) is 7.13. The first-order valence-corrected chi connectivity index (χ1v) is 12.6. The van der Waals surface area contributed by atoms with Gasteiger partial charge in [-0.1, -0.05) is 23.2 Å². The van der Waals surface area contributed by atoms with Crippen molar-refractivity contribution >= 4 is 40.7 Å². The molecule has 2 fully saturated rings. The van der Waals surface area contributed by atoms with E-state index >= 15 is 0 Å². The Morgan fingerprint density at radius 1 is 1.11 bits per heavy atom. The molecule has 2 bridgehead atoms. The van der Waals surface area contributed by atoms with Crippen molar-refractivity contribution in [1.82, 2.24) is 15.6 Å². The highest BCUT2D eigenvalue weighted by Crippen LogP contribution is 2.39. The molecule has 0 spiro atoms. The molecular weight excluding hydrogens is 532 g/mol. The molecule has 2 N–H and O–H groups in total. The van der Waals surface area contributed by atoms with Crippen molar-refractivity contribution < 1.29 is 27.5 Å². The normalized spacial score (nSPS) is 21.5. The number of benzene rings is 1. The van der Waals surface area contributed by atoms with Crippen LogP contribution in [0.2, 0.25) is 10.0 Å². The molecule has 2 aliphatic heterocycles. The Hall–Kier alpha value is -2.72. The Bertz CT molecular complexity index is 1150. The van der Waals surface area contributed by atoms with Gasteiger partial charge in [0.2, 0.25) is 0 Å². The number of halogens is 5. The van der Waals surface area contributed by atoms with E-state index in [2.05, 4.69) is 15.2 Å². The van der Waals surface area contributed by atoms with Gasteiger partial charge in [0.25, 0.3) is 11.8 Å². The molecule has 2 aromatic rings. The SMILES string of the molecule is CC(C)(Oc1ccc(Cl)cc1Cl)C(=O)NC1CC2CCC(C1)N2c1ccc(C(=O)NCC(F)(F)F)nc1. The number of piperidine rings is 1. The number of aromatic nitrogens is 1. The van der Waals surface area contributed by atoms with Crippen LogP contribution < -0.4 is 20.3 Å². The summed E-state index contributed by atoms with van der Waals surface area (Å²) in [4.78, 5) is 31.3. The van der Waals surface area contributed by atoms with Gasteiger partial charge in [0, 0.05) is 23.1 Å². The quantitative estimate of drug-likeness (QED) is 0.490. The summed E-state index contributed by atoms with van der Waals surface area (Å²) in [7, 11) is 0. The Morgan fingerprint density at radius 3 is 2.35 bits per heavy atom. The number of hydrogen-bond acceptors (Lipinski definition) is 5. The Balaban J connectivity index is 1.35. The van der Waals surface area contributed by atoms with Crippen molar-refractivity contribution in [3.05, 3.63) is 52.3 Å². The number of nitrogens with one attached hydrogen (secondary N) is 2. The number of hydrogen-bond donors (Lipinski definition) is 2. The predicted octanol–water partition coefficient (Wildman–Crippen LogP) is 5.15. The molecular formula is C25H27Cl2F3N4O3. The van der Waals surface area contributed by atoms with E-state index in [4.69, 9.17) is 27.9 Å². The third kappa shape index (κ3) is 6.59. The maximum Gasteiger partial charge on any atom is 0.405 e. The lowest BCUT2D eigenvalue weighted by molar-refractivity contribution is -0.135. The van der Waals surface area contributed by atoms with Crippen LogP contribution in [0.15, 0.2) is 36.5 Å². The Labute approximate surface area is 222 Å². The highest BCUT2D eigenvalue weighted by Gasteiger charge is 2.43. The van der Waals surface area contributed by atoms with Crippen LogP contribution in [0.5, 0.6) is 5.75 Å². The Kier molecular flexibility index (Phi) is 7.80. The van der Waals surface area contributed by atoms with Crippen molar-refractivity contribution in [2.24, 2.45) is 0 Å². The van der Waals surface area contributed by atoms with Gasteiger partial charge in [-0.25, -0.2) is 4.98 Å². The number of nitrogens with zero attached hydrogens (tertiary/aromatic N) is 2. The summed E-state index contributed by atoms with van der Waals surface area (Å²) < 4.78 is 43.0. The molecule has 2 aliphatic rings. The molecule has 12 heteroatoms. The molecule has 0 radical (unpaired) electrons. The zero-order valence-electron chi connectivity index (χ0n) is 20.2. The van der Waals surface area contributed by atoms with Gasteiger partial charge in [-0.15, -0.1) is 0 Å². The summed E-state index contributed by atoms with van der Waals surface area (Å²) in [5.74, 6) is -0.769. The molecule has 1 aromatic heterocycles. The fourth-order valence-corrected chi connectivity index (χ4v) is 5.35. The number of carbonyl (C=O) groups excluding carboxylic acids is 2. The first-order valence-electron chi connectivity index (χ1n) is 11.9. The third-order valence-electron chi connectivity index (χ3n) is 6.60. The largest absolute Gasteiger partial charge is 0.476 e. The number of amides is 2. The summed E-state index contributed by atoms with van der Waals surface area (Å²) in [5.41, 5.74) is -0.448. The van der Waals surface area contributed by atoms with Crippen molar-refractivity contribution in [3.8, 4) is 5.75 Å². The van der Waals surface area contributed by atoms with Gasteiger partial charge in [-0.2, -0.15) is 13.2 Å². The first kappa shape index (κ1) is 27.3. The number of alkyl halides is 3. The molecule has 2 unspecified atom stereocenters. The molecule has 1 aromatic carbocycles. The van der Waals surface area contributed by atoms with E-state index in [1.165, 1.54) is 12.3 Å². The van der Waals surface area contributed by atoms with E-state index < -0.39 is 24.2 Å². The number of carbonyl (C=O) groups is 2. The van der Waals surface area contributed by atoms with Gasteiger partial charge in [-0.05, 0) is 69.9 Å². The molecule has 200 valence electrons. The smallest absolute Gasteiger partial charge is 0.405 e. The van der Waals surface area contributed by atoms with Crippen molar-refractivity contribution in [3.63, 3.8) is 0 Å². The zero-order chi connectivity index (χ0) is 27.0. The van der Waals surface area contributed by atoms with Crippen LogP contribution in [0.25, 0.3) is 0 Å². The number of ether oxygens (including phenoxy) is 1. The maximum absolute atomic E-state index is 13.1. The molecule has 3 heterocycles. The van der Waals surface area contributed by atoms with Crippen LogP contribution in [0.4, 0.5) is 18.9 Å². The Morgan fingerprint density at radius 2 is 1.78 bits per heavy atom. The first-order chi connectivity index (χ1) is 17.3. The van der Waals surface area contributed by atoms with Crippen LogP contribution in [0, 0.1) is 0 Å². The summed E-state index contributed by atoms with van der Waals surface area (Å²) in [6.07, 6.45) is 0.330. The van der Waals surface area contributed by atoms with E-state index in [-0.39, 0.29) is 29.7 Å². The zero-order valence-corrected chi connectivity index (χ0v) is 21.8. The lowest BCUT2D eigenvalue weighted by atomic mass is 9.95. The topological polar surface area (TPSA) is 83.6 Å². The summed E-state index contributed by atoms with van der Waals surface area (Å²) in [6, 6.07) is 8.21. The molecule has 2 amide bonds. The summed E-state index contributed by atoms with van der Waals surface area (Å²) in [5, 5.41) is 5.72. The average Bonchev–Trinajstić information content (AvgIpc) is 3.09. The van der Waals surface area contributed by atoms with Crippen molar-refractivity contribution in [2.45, 2.75) is 69.4 Å². The standard InChI is InChI=1S/C25H27Cl2F3N4O3/c1-24(2,37-21-8-3-14(26)9-19(21)27)23(36)33-15-10-16-4-5-17(11-15)34(16)18-6-7-20(31-12-18)22(35)32-13-25(28,29)30/h3,6-9,12,15-17H,4-5,10-11,13H2,1-2H3,(H,32,35)(H,33,36). The minimum Gasteiger partial charge on any atom is -0.476 e. The number of fused-ring (bicyclic) bond motifs is 2. The monoisotopic (exact) mass is 558 g/mol. The van der Waals surface area contributed by atoms with Crippen LogP contribution in [0.1, 0.15) is 50.0 Å². The second kappa shape index (κ2) is 10.6. The predicted molar refractivity (Wildman–Crippen MR) is 134 cm³/mol. The van der Waals surface area contributed by atoms with Crippen LogP contribution >= 0.6 is 23.2 Å².